The van der Waals surface area contributed by atoms with Gasteiger partial charge < -0.3 is 19.4 Å². The summed E-state index contributed by atoms with van der Waals surface area (Å²) in [5.41, 5.74) is 5.16. The number of hydrogen-bond donors (Lipinski definition) is 1. The molecule has 9 nitrogen and oxygen atoms in total. The Hall–Kier alpha value is -4.90. The van der Waals surface area contributed by atoms with Gasteiger partial charge in [0.25, 0.3) is 11.8 Å². The molecule has 0 radical (unpaired) electrons. The molecule has 8 rings (SSSR count). The van der Waals surface area contributed by atoms with Gasteiger partial charge in [0.2, 0.25) is 11.8 Å². The van der Waals surface area contributed by atoms with Crippen molar-refractivity contribution in [2.45, 2.75) is 44.7 Å². The quantitative estimate of drug-likeness (QED) is 0.229. The topological polar surface area (TPSA) is 110 Å². The predicted octanol–water partition coefficient (Wildman–Crippen LogP) is 6.25. The summed E-state index contributed by atoms with van der Waals surface area (Å²) < 4.78 is 25.4. The highest BCUT2D eigenvalue weighted by molar-refractivity contribution is 7.17. The van der Waals surface area contributed by atoms with E-state index in [4.69, 9.17) is 14.1 Å². The maximum atomic E-state index is 14.0. The lowest BCUT2D eigenvalue weighted by atomic mass is 9.93. The van der Waals surface area contributed by atoms with Crippen LogP contribution in [0.1, 0.15) is 73.4 Å². The molecule has 0 aliphatic carbocycles. The summed E-state index contributed by atoms with van der Waals surface area (Å²) in [6.45, 7) is 2.75. The first-order valence-electron chi connectivity index (χ1n) is 15.0. The number of hydrogen-bond acceptors (Lipinski definition) is 8. The largest absolute Gasteiger partial charge is 0.491 e. The van der Waals surface area contributed by atoms with Crippen molar-refractivity contribution in [1.29, 1.82) is 0 Å². The molecule has 1 saturated heterocycles. The summed E-state index contributed by atoms with van der Waals surface area (Å²) >= 11 is 1.31. The molecule has 45 heavy (non-hydrogen) atoms. The summed E-state index contributed by atoms with van der Waals surface area (Å²) in [6.07, 6.45) is 2.85. The Morgan fingerprint density at radius 3 is 2.71 bits per heavy atom. The molecule has 3 aliphatic rings. The van der Waals surface area contributed by atoms with Crippen molar-refractivity contribution in [3.05, 3.63) is 105 Å². The maximum Gasteiger partial charge on any atom is 0.261 e. The van der Waals surface area contributed by atoms with E-state index in [0.29, 0.717) is 53.5 Å². The number of carbonyl (C=O) groups is 2. The standard InChI is InChI=1S/C34H28FN5O4S/c1-18-38-39-33(44-18)28-22(13-10-19-8-11-20(35)12-9-19)36-31-24-6-4-16-40(24)34(42)30(31)29(28)26-14-15-27(45-26)32(41)37-23-17-43-25-7-3-2-5-21(23)25/h2-3,5,7-9,11-12,14-15,23-24H,4,6,10,13,16-17H2,1H3,(H,37,41)/t23?,24-/m0/s1. The van der Waals surface area contributed by atoms with Crippen molar-refractivity contribution in [2.75, 3.05) is 13.2 Å². The molecule has 0 spiro atoms. The molecule has 3 aliphatic heterocycles. The first-order chi connectivity index (χ1) is 21.9. The molecule has 5 aromatic rings. The van der Waals surface area contributed by atoms with E-state index in [2.05, 4.69) is 15.5 Å². The van der Waals surface area contributed by atoms with Crippen LogP contribution in [0.5, 0.6) is 5.75 Å². The lowest BCUT2D eigenvalue weighted by Crippen LogP contribution is -2.28. The number of benzene rings is 2. The van der Waals surface area contributed by atoms with E-state index in [1.54, 1.807) is 25.1 Å². The van der Waals surface area contributed by atoms with Gasteiger partial charge in [-0.15, -0.1) is 21.5 Å². The second-order valence-electron chi connectivity index (χ2n) is 11.5. The zero-order chi connectivity index (χ0) is 30.7. The normalized spacial score (nSPS) is 18.1. The van der Waals surface area contributed by atoms with Crippen molar-refractivity contribution in [2.24, 2.45) is 0 Å². The Morgan fingerprint density at radius 2 is 1.89 bits per heavy atom. The number of rotatable bonds is 7. The second kappa shape index (κ2) is 10.9. The summed E-state index contributed by atoms with van der Waals surface area (Å²) in [4.78, 5) is 35.7. The van der Waals surface area contributed by atoms with Crippen molar-refractivity contribution in [3.8, 4) is 27.6 Å². The Bertz CT molecular complexity index is 1970. The first-order valence-corrected chi connectivity index (χ1v) is 15.8. The molecule has 2 amide bonds. The smallest absolute Gasteiger partial charge is 0.261 e. The van der Waals surface area contributed by atoms with E-state index in [1.807, 2.05) is 35.2 Å². The highest BCUT2D eigenvalue weighted by Crippen LogP contribution is 2.49. The first kappa shape index (κ1) is 27.6. The lowest BCUT2D eigenvalue weighted by molar-refractivity contribution is 0.0776. The van der Waals surface area contributed by atoms with Gasteiger partial charge in [-0.3, -0.25) is 14.6 Å². The number of ether oxygens (including phenoxy) is 1. The number of para-hydroxylation sites is 1. The van der Waals surface area contributed by atoms with Crippen molar-refractivity contribution < 1.29 is 23.1 Å². The van der Waals surface area contributed by atoms with Crippen LogP contribution in [0.15, 0.2) is 65.1 Å². The van der Waals surface area contributed by atoms with E-state index >= 15 is 0 Å². The van der Waals surface area contributed by atoms with E-state index < -0.39 is 0 Å². The molecule has 0 saturated carbocycles. The van der Waals surface area contributed by atoms with Gasteiger partial charge >= 0.3 is 0 Å². The van der Waals surface area contributed by atoms with Crippen molar-refractivity contribution in [3.63, 3.8) is 0 Å². The van der Waals surface area contributed by atoms with Crippen LogP contribution in [-0.4, -0.2) is 45.0 Å². The van der Waals surface area contributed by atoms with Gasteiger partial charge in [-0.1, -0.05) is 30.3 Å². The van der Waals surface area contributed by atoms with Crippen LogP contribution < -0.4 is 10.1 Å². The molecule has 0 bridgehead atoms. The number of fused-ring (bicyclic) bond motifs is 4. The number of aryl methyl sites for hydroxylation is 3. The summed E-state index contributed by atoms with van der Waals surface area (Å²) in [5, 5.41) is 11.6. The Balaban J connectivity index is 1.23. The van der Waals surface area contributed by atoms with Crippen LogP contribution in [0.4, 0.5) is 4.39 Å². The van der Waals surface area contributed by atoms with Gasteiger partial charge in [0.15, 0.2) is 0 Å². The van der Waals surface area contributed by atoms with Crippen LogP contribution in [0.25, 0.3) is 21.9 Å². The van der Waals surface area contributed by atoms with Gasteiger partial charge in [0, 0.05) is 29.5 Å². The van der Waals surface area contributed by atoms with Crippen LogP contribution in [0.2, 0.25) is 0 Å². The zero-order valence-electron chi connectivity index (χ0n) is 24.4. The van der Waals surface area contributed by atoms with E-state index in [0.717, 1.165) is 46.0 Å². The SMILES string of the molecule is Cc1nnc(-c2c(CCc3ccc(F)cc3)nc3c(c2-c2ccc(C(=O)NC4COc5ccccc54)s2)C(=O)N2CCC[C@@H]32)o1. The van der Waals surface area contributed by atoms with Crippen LogP contribution in [-0.2, 0) is 12.8 Å². The number of thiophene rings is 1. The summed E-state index contributed by atoms with van der Waals surface area (Å²) in [6, 6.07) is 17.4. The highest BCUT2D eigenvalue weighted by Gasteiger charge is 2.45. The monoisotopic (exact) mass is 621 g/mol. The van der Waals surface area contributed by atoms with Gasteiger partial charge in [-0.05, 0) is 61.6 Å². The fourth-order valence-corrected chi connectivity index (χ4v) is 7.59. The minimum atomic E-state index is -0.291. The Labute approximate surface area is 262 Å². The van der Waals surface area contributed by atoms with Crippen molar-refractivity contribution >= 4 is 23.2 Å². The minimum Gasteiger partial charge on any atom is -0.491 e. The van der Waals surface area contributed by atoms with Gasteiger partial charge in [-0.2, -0.15) is 0 Å². The van der Waals surface area contributed by atoms with Gasteiger partial charge in [0.05, 0.1) is 39.5 Å². The molecular formula is C34H28FN5O4S. The fraction of sp³-hybridized carbons (Fsp3) is 0.265. The predicted molar refractivity (Wildman–Crippen MR) is 165 cm³/mol. The molecular weight excluding hydrogens is 593 g/mol. The van der Waals surface area contributed by atoms with Gasteiger partial charge in [-0.25, -0.2) is 4.39 Å². The van der Waals surface area contributed by atoms with E-state index in [-0.39, 0.29) is 35.6 Å². The average Bonchev–Trinajstić information content (AvgIpc) is 3.88. The Kier molecular flexibility index (Phi) is 6.71. The minimum absolute atomic E-state index is 0.0725. The molecule has 2 aromatic carbocycles. The van der Waals surface area contributed by atoms with Crippen LogP contribution in [0.3, 0.4) is 0 Å². The molecule has 3 aromatic heterocycles. The third kappa shape index (κ3) is 4.78. The number of nitrogens with zero attached hydrogens (tertiary/aromatic N) is 4. The molecule has 2 atom stereocenters. The van der Waals surface area contributed by atoms with Gasteiger partial charge in [0.1, 0.15) is 18.2 Å². The number of carbonyl (C=O) groups excluding carboxylic acids is 2. The number of aromatic nitrogens is 3. The summed E-state index contributed by atoms with van der Waals surface area (Å²) in [5.74, 6) is 0.844. The maximum absolute atomic E-state index is 14.0. The molecule has 226 valence electrons. The molecule has 1 N–H and O–H groups in total. The number of pyridine rings is 1. The highest BCUT2D eigenvalue weighted by atomic mass is 32.1. The Morgan fingerprint density at radius 1 is 1.04 bits per heavy atom. The molecule has 1 unspecified atom stereocenters. The molecule has 11 heteroatoms. The second-order valence-corrected chi connectivity index (χ2v) is 12.6. The van der Waals surface area contributed by atoms with Crippen LogP contribution in [0, 0.1) is 12.7 Å². The third-order valence-electron chi connectivity index (χ3n) is 8.73. The van der Waals surface area contributed by atoms with Crippen molar-refractivity contribution in [1.82, 2.24) is 25.4 Å². The van der Waals surface area contributed by atoms with E-state index in [1.165, 1.54) is 23.5 Å². The van der Waals surface area contributed by atoms with Crippen LogP contribution >= 0.6 is 11.3 Å². The summed E-state index contributed by atoms with van der Waals surface area (Å²) in [7, 11) is 0. The molecule has 1 fully saturated rings. The number of halogens is 1. The average molecular weight is 622 g/mol. The number of amides is 2. The fourth-order valence-electron chi connectivity index (χ4n) is 6.62. The third-order valence-corrected chi connectivity index (χ3v) is 9.83. The zero-order valence-corrected chi connectivity index (χ0v) is 25.2. The lowest BCUT2D eigenvalue weighted by Gasteiger charge is -2.16. The number of nitrogens with one attached hydrogen (secondary N) is 1. The molecule has 6 heterocycles. The van der Waals surface area contributed by atoms with E-state index in [9.17, 15) is 14.0 Å².